The topological polar surface area (TPSA) is 56.8 Å². The number of ether oxygens (including phenoxy) is 3. The van der Waals surface area contributed by atoms with Crippen LogP contribution in [0.25, 0.3) is 5.57 Å². The molecule has 0 aliphatic carbocycles. The standard InChI is InChI=1S/C21H23NO4/c1-13-12-21(2,3)22-17-8-7-15(11-16(13)17)26-20(23)14-6-9-18(24-4)19(10-14)25-5/h6-12,22H,1-5H3. The number of hydrogen-bond donors (Lipinski definition) is 1. The van der Waals surface area contributed by atoms with Gasteiger partial charge in [0, 0.05) is 11.3 Å². The Kier molecular flexibility index (Phi) is 4.64. The molecule has 5 heteroatoms. The number of hydrogen-bond acceptors (Lipinski definition) is 5. The summed E-state index contributed by atoms with van der Waals surface area (Å²) in [7, 11) is 3.08. The number of methoxy groups -OCH3 is 2. The Morgan fingerprint density at radius 3 is 2.42 bits per heavy atom. The average molecular weight is 353 g/mol. The zero-order valence-corrected chi connectivity index (χ0v) is 15.7. The molecule has 0 saturated carbocycles. The van der Waals surface area contributed by atoms with Gasteiger partial charge in [-0.15, -0.1) is 0 Å². The summed E-state index contributed by atoms with van der Waals surface area (Å²) in [5.74, 6) is 1.10. The van der Waals surface area contributed by atoms with Crippen molar-refractivity contribution in [2.75, 3.05) is 19.5 Å². The maximum Gasteiger partial charge on any atom is 0.343 e. The Morgan fingerprint density at radius 1 is 1.00 bits per heavy atom. The van der Waals surface area contributed by atoms with Gasteiger partial charge >= 0.3 is 5.97 Å². The number of nitrogens with one attached hydrogen (secondary N) is 1. The van der Waals surface area contributed by atoms with Crippen LogP contribution in [0.1, 0.15) is 36.7 Å². The van der Waals surface area contributed by atoms with Gasteiger partial charge in [-0.2, -0.15) is 0 Å². The molecule has 1 aliphatic rings. The molecule has 1 heterocycles. The van der Waals surface area contributed by atoms with Crippen molar-refractivity contribution >= 4 is 17.2 Å². The lowest BCUT2D eigenvalue weighted by Crippen LogP contribution is -2.31. The first-order chi connectivity index (χ1) is 12.3. The highest BCUT2D eigenvalue weighted by molar-refractivity contribution is 5.92. The maximum atomic E-state index is 12.5. The Morgan fingerprint density at radius 2 is 1.73 bits per heavy atom. The number of esters is 1. The molecule has 1 aliphatic heterocycles. The Labute approximate surface area is 153 Å². The van der Waals surface area contributed by atoms with E-state index in [9.17, 15) is 4.79 Å². The fraction of sp³-hybridized carbons (Fsp3) is 0.286. The minimum Gasteiger partial charge on any atom is -0.493 e. The van der Waals surface area contributed by atoms with Gasteiger partial charge in [-0.1, -0.05) is 6.08 Å². The highest BCUT2D eigenvalue weighted by atomic mass is 16.5. The van der Waals surface area contributed by atoms with E-state index in [4.69, 9.17) is 14.2 Å². The summed E-state index contributed by atoms with van der Waals surface area (Å²) >= 11 is 0. The molecule has 0 aromatic heterocycles. The predicted molar refractivity (Wildman–Crippen MR) is 102 cm³/mol. The van der Waals surface area contributed by atoms with Crippen molar-refractivity contribution in [3.8, 4) is 17.2 Å². The number of allylic oxidation sites excluding steroid dienone is 1. The molecule has 0 radical (unpaired) electrons. The summed E-state index contributed by atoms with van der Waals surface area (Å²) in [6, 6.07) is 10.5. The smallest absolute Gasteiger partial charge is 0.343 e. The second-order valence-electron chi connectivity index (χ2n) is 6.84. The molecule has 2 aromatic rings. The van der Waals surface area contributed by atoms with Crippen molar-refractivity contribution in [1.82, 2.24) is 0 Å². The van der Waals surface area contributed by atoms with Gasteiger partial charge in [-0.05, 0) is 62.7 Å². The largest absolute Gasteiger partial charge is 0.493 e. The summed E-state index contributed by atoms with van der Waals surface area (Å²) in [4.78, 5) is 12.5. The summed E-state index contributed by atoms with van der Waals surface area (Å²) in [5, 5.41) is 3.46. The Hall–Kier alpha value is -2.95. The normalized spacial score (nSPS) is 14.6. The van der Waals surface area contributed by atoms with Crippen molar-refractivity contribution in [3.05, 3.63) is 53.6 Å². The minimum atomic E-state index is -0.448. The molecule has 136 valence electrons. The van der Waals surface area contributed by atoms with Gasteiger partial charge in [0.2, 0.25) is 0 Å². The van der Waals surface area contributed by atoms with E-state index in [2.05, 4.69) is 32.2 Å². The molecule has 0 unspecified atom stereocenters. The van der Waals surface area contributed by atoms with E-state index in [1.54, 1.807) is 31.4 Å². The monoisotopic (exact) mass is 353 g/mol. The molecular formula is C21H23NO4. The van der Waals surface area contributed by atoms with E-state index in [0.717, 1.165) is 16.8 Å². The Balaban J connectivity index is 1.84. The van der Waals surface area contributed by atoms with Crippen molar-refractivity contribution in [3.63, 3.8) is 0 Å². The van der Waals surface area contributed by atoms with Gasteiger partial charge in [0.1, 0.15) is 5.75 Å². The first kappa shape index (κ1) is 17.9. The van der Waals surface area contributed by atoms with E-state index < -0.39 is 5.97 Å². The van der Waals surface area contributed by atoms with Gasteiger partial charge in [0.05, 0.1) is 25.3 Å². The number of carbonyl (C=O) groups is 1. The van der Waals surface area contributed by atoms with Crippen LogP contribution in [0, 0.1) is 0 Å². The van der Waals surface area contributed by atoms with Crippen LogP contribution in [0.5, 0.6) is 17.2 Å². The van der Waals surface area contributed by atoms with Crippen LogP contribution in [0.15, 0.2) is 42.5 Å². The van der Waals surface area contributed by atoms with Crippen molar-refractivity contribution in [1.29, 1.82) is 0 Å². The van der Waals surface area contributed by atoms with E-state index in [1.807, 2.05) is 12.1 Å². The van der Waals surface area contributed by atoms with Gasteiger partial charge < -0.3 is 19.5 Å². The molecule has 0 saturated heterocycles. The van der Waals surface area contributed by atoms with Crippen molar-refractivity contribution in [2.24, 2.45) is 0 Å². The molecule has 2 aromatic carbocycles. The molecule has 26 heavy (non-hydrogen) atoms. The van der Waals surface area contributed by atoms with E-state index in [0.29, 0.717) is 22.8 Å². The maximum absolute atomic E-state index is 12.5. The van der Waals surface area contributed by atoms with Crippen LogP contribution in [0.3, 0.4) is 0 Å². The fourth-order valence-corrected chi connectivity index (χ4v) is 3.15. The van der Waals surface area contributed by atoms with Crippen LogP contribution >= 0.6 is 0 Å². The zero-order valence-electron chi connectivity index (χ0n) is 15.7. The van der Waals surface area contributed by atoms with Crippen LogP contribution < -0.4 is 19.5 Å². The SMILES string of the molecule is COc1ccc(C(=O)Oc2ccc3c(c2)C(C)=CC(C)(C)N3)cc1OC. The molecule has 0 atom stereocenters. The molecule has 0 amide bonds. The third kappa shape index (κ3) is 3.52. The van der Waals surface area contributed by atoms with Crippen molar-refractivity contribution in [2.45, 2.75) is 26.3 Å². The second kappa shape index (κ2) is 6.75. The number of fused-ring (bicyclic) bond motifs is 1. The van der Waals surface area contributed by atoms with Gasteiger partial charge in [0.25, 0.3) is 0 Å². The molecule has 3 rings (SSSR count). The van der Waals surface area contributed by atoms with Crippen LogP contribution in [-0.2, 0) is 0 Å². The Bertz CT molecular complexity index is 884. The number of benzene rings is 2. The zero-order chi connectivity index (χ0) is 18.9. The summed E-state index contributed by atoms with van der Waals surface area (Å²) in [5.41, 5.74) is 3.50. The quantitative estimate of drug-likeness (QED) is 0.646. The lowest BCUT2D eigenvalue weighted by Gasteiger charge is -2.31. The van der Waals surface area contributed by atoms with Crippen LogP contribution in [0.4, 0.5) is 5.69 Å². The van der Waals surface area contributed by atoms with Gasteiger partial charge in [0.15, 0.2) is 11.5 Å². The predicted octanol–water partition coefficient (Wildman–Crippen LogP) is 4.53. The summed E-state index contributed by atoms with van der Waals surface area (Å²) in [6.45, 7) is 6.29. The highest BCUT2D eigenvalue weighted by Gasteiger charge is 2.23. The van der Waals surface area contributed by atoms with E-state index >= 15 is 0 Å². The molecule has 0 spiro atoms. The summed E-state index contributed by atoms with van der Waals surface area (Å²) in [6.07, 6.45) is 2.16. The third-order valence-electron chi connectivity index (χ3n) is 4.28. The average Bonchev–Trinajstić information content (AvgIpc) is 2.60. The first-order valence-corrected chi connectivity index (χ1v) is 8.39. The number of carbonyl (C=O) groups excluding carboxylic acids is 1. The molecule has 0 fully saturated rings. The second-order valence-corrected chi connectivity index (χ2v) is 6.84. The molecular weight excluding hydrogens is 330 g/mol. The van der Waals surface area contributed by atoms with Crippen LogP contribution in [0.2, 0.25) is 0 Å². The minimum absolute atomic E-state index is 0.102. The van der Waals surface area contributed by atoms with Gasteiger partial charge in [-0.25, -0.2) is 4.79 Å². The number of anilines is 1. The summed E-state index contributed by atoms with van der Waals surface area (Å²) < 4.78 is 16.0. The first-order valence-electron chi connectivity index (χ1n) is 8.39. The molecule has 0 bridgehead atoms. The van der Waals surface area contributed by atoms with E-state index in [-0.39, 0.29) is 5.54 Å². The van der Waals surface area contributed by atoms with Gasteiger partial charge in [-0.3, -0.25) is 0 Å². The third-order valence-corrected chi connectivity index (χ3v) is 4.28. The van der Waals surface area contributed by atoms with E-state index in [1.165, 1.54) is 7.11 Å². The fourth-order valence-electron chi connectivity index (χ4n) is 3.15. The lowest BCUT2D eigenvalue weighted by molar-refractivity contribution is 0.0734. The highest BCUT2D eigenvalue weighted by Crippen LogP contribution is 2.36. The van der Waals surface area contributed by atoms with Crippen LogP contribution in [-0.4, -0.2) is 25.7 Å². The molecule has 1 N–H and O–H groups in total. The van der Waals surface area contributed by atoms with Crippen molar-refractivity contribution < 1.29 is 19.0 Å². The molecule has 5 nitrogen and oxygen atoms in total. The number of rotatable bonds is 4. The lowest BCUT2D eigenvalue weighted by atomic mass is 9.91.